The van der Waals surface area contributed by atoms with Crippen molar-refractivity contribution in [2.45, 2.75) is 26.2 Å². The minimum Gasteiger partial charge on any atom is -0.436 e. The summed E-state index contributed by atoms with van der Waals surface area (Å²) in [6.07, 6.45) is 1.78. The molecule has 0 amide bonds. The standard InChI is InChI=1S/C7H10INO/c1-7(2,3)5-4-9-6(8)10-5/h4H,1-3H3. The van der Waals surface area contributed by atoms with Gasteiger partial charge in [0, 0.05) is 28.0 Å². The summed E-state index contributed by atoms with van der Waals surface area (Å²) in [5.74, 6) is 0.942. The molecule has 0 bridgehead atoms. The van der Waals surface area contributed by atoms with E-state index in [1.165, 1.54) is 0 Å². The van der Waals surface area contributed by atoms with E-state index in [1.807, 2.05) is 0 Å². The smallest absolute Gasteiger partial charge is 0.257 e. The Morgan fingerprint density at radius 3 is 2.30 bits per heavy atom. The molecular formula is C7H10INO. The van der Waals surface area contributed by atoms with E-state index in [2.05, 4.69) is 48.3 Å². The summed E-state index contributed by atoms with van der Waals surface area (Å²) < 4.78 is 6.03. The van der Waals surface area contributed by atoms with Gasteiger partial charge in [0.05, 0.1) is 6.20 Å². The van der Waals surface area contributed by atoms with Gasteiger partial charge in [-0.25, -0.2) is 4.98 Å². The van der Waals surface area contributed by atoms with E-state index in [-0.39, 0.29) is 5.41 Å². The molecule has 2 nitrogen and oxygen atoms in total. The Bertz CT molecular complexity index is 224. The fourth-order valence-electron chi connectivity index (χ4n) is 0.600. The molecule has 0 unspecified atom stereocenters. The zero-order valence-electron chi connectivity index (χ0n) is 6.31. The Labute approximate surface area is 74.2 Å². The van der Waals surface area contributed by atoms with Gasteiger partial charge in [0.15, 0.2) is 0 Å². The molecule has 0 aliphatic rings. The van der Waals surface area contributed by atoms with Crippen LogP contribution in [-0.2, 0) is 5.41 Å². The Balaban J connectivity index is 2.96. The highest BCUT2D eigenvalue weighted by Gasteiger charge is 2.18. The molecule has 10 heavy (non-hydrogen) atoms. The number of nitrogens with zero attached hydrogens (tertiary/aromatic N) is 1. The van der Waals surface area contributed by atoms with Gasteiger partial charge in [-0.3, -0.25) is 0 Å². The van der Waals surface area contributed by atoms with Gasteiger partial charge < -0.3 is 4.42 Å². The lowest BCUT2D eigenvalue weighted by Crippen LogP contribution is -2.09. The molecule has 0 saturated carbocycles. The van der Waals surface area contributed by atoms with Crippen LogP contribution in [0.4, 0.5) is 0 Å². The van der Waals surface area contributed by atoms with Gasteiger partial charge in [-0.1, -0.05) is 20.8 Å². The predicted octanol–water partition coefficient (Wildman–Crippen LogP) is 2.58. The van der Waals surface area contributed by atoms with Crippen molar-refractivity contribution in [3.8, 4) is 0 Å². The second-order valence-corrected chi connectivity index (χ2v) is 4.15. The Kier molecular flexibility index (Phi) is 2.03. The summed E-state index contributed by atoms with van der Waals surface area (Å²) >= 11 is 2.06. The highest BCUT2D eigenvalue weighted by atomic mass is 127. The van der Waals surface area contributed by atoms with Crippen LogP contribution in [0.25, 0.3) is 0 Å². The average Bonchev–Trinajstić information content (AvgIpc) is 2.11. The van der Waals surface area contributed by atoms with Crippen LogP contribution in [0.15, 0.2) is 10.6 Å². The lowest BCUT2D eigenvalue weighted by atomic mass is 9.94. The maximum absolute atomic E-state index is 5.32. The Morgan fingerprint density at radius 1 is 1.50 bits per heavy atom. The first-order chi connectivity index (χ1) is 4.50. The van der Waals surface area contributed by atoms with Gasteiger partial charge in [0.1, 0.15) is 5.76 Å². The van der Waals surface area contributed by atoms with E-state index < -0.39 is 0 Å². The third kappa shape index (κ3) is 1.71. The zero-order chi connectivity index (χ0) is 7.78. The second kappa shape index (κ2) is 2.53. The molecule has 3 heteroatoms. The van der Waals surface area contributed by atoms with Crippen molar-refractivity contribution in [1.82, 2.24) is 4.98 Å². The molecule has 1 aromatic rings. The van der Waals surface area contributed by atoms with Gasteiger partial charge in [-0.15, -0.1) is 0 Å². The summed E-state index contributed by atoms with van der Waals surface area (Å²) in [6.45, 7) is 6.30. The molecule has 0 atom stereocenters. The fourth-order valence-corrected chi connectivity index (χ4v) is 0.976. The van der Waals surface area contributed by atoms with Crippen molar-refractivity contribution in [3.05, 3.63) is 15.9 Å². The summed E-state index contributed by atoms with van der Waals surface area (Å²) in [5.41, 5.74) is 0.0798. The lowest BCUT2D eigenvalue weighted by molar-refractivity contribution is 0.392. The van der Waals surface area contributed by atoms with Crippen LogP contribution in [0.3, 0.4) is 0 Å². The molecular weight excluding hydrogens is 241 g/mol. The van der Waals surface area contributed by atoms with Crippen LogP contribution in [-0.4, -0.2) is 4.98 Å². The van der Waals surface area contributed by atoms with Gasteiger partial charge >= 0.3 is 0 Å². The SMILES string of the molecule is CC(C)(C)c1cnc(I)o1. The third-order valence-corrected chi connectivity index (χ3v) is 1.72. The molecule has 1 heterocycles. The number of hydrogen-bond acceptors (Lipinski definition) is 2. The summed E-state index contributed by atoms with van der Waals surface area (Å²) in [4.78, 5) is 4.00. The van der Waals surface area contributed by atoms with Crippen molar-refractivity contribution in [1.29, 1.82) is 0 Å². The van der Waals surface area contributed by atoms with Gasteiger partial charge in [0.2, 0.25) is 0 Å². The van der Waals surface area contributed by atoms with E-state index in [4.69, 9.17) is 4.42 Å². The predicted molar refractivity (Wildman–Crippen MR) is 47.9 cm³/mol. The molecule has 0 aliphatic heterocycles. The molecule has 0 aliphatic carbocycles. The van der Waals surface area contributed by atoms with E-state index in [1.54, 1.807) is 6.20 Å². The van der Waals surface area contributed by atoms with Crippen LogP contribution in [0.2, 0.25) is 0 Å². The first-order valence-corrected chi connectivity index (χ1v) is 4.20. The monoisotopic (exact) mass is 251 g/mol. The molecule has 0 N–H and O–H groups in total. The quantitative estimate of drug-likeness (QED) is 0.662. The van der Waals surface area contributed by atoms with Crippen LogP contribution in [0.5, 0.6) is 0 Å². The molecule has 0 fully saturated rings. The molecule has 1 rings (SSSR count). The van der Waals surface area contributed by atoms with Crippen molar-refractivity contribution in [2.24, 2.45) is 0 Å². The normalized spacial score (nSPS) is 12.0. The second-order valence-electron chi connectivity index (χ2n) is 3.23. The van der Waals surface area contributed by atoms with Crippen molar-refractivity contribution in [3.63, 3.8) is 0 Å². The maximum atomic E-state index is 5.32. The summed E-state index contributed by atoms with van der Waals surface area (Å²) in [5, 5.41) is 0. The minimum atomic E-state index is 0.0798. The van der Waals surface area contributed by atoms with E-state index in [0.717, 1.165) is 5.76 Å². The highest BCUT2D eigenvalue weighted by Crippen LogP contribution is 2.22. The molecule has 56 valence electrons. The van der Waals surface area contributed by atoms with Crippen LogP contribution in [0.1, 0.15) is 26.5 Å². The molecule has 0 spiro atoms. The zero-order valence-corrected chi connectivity index (χ0v) is 8.47. The van der Waals surface area contributed by atoms with Gasteiger partial charge in [-0.2, -0.15) is 0 Å². The number of aromatic nitrogens is 1. The third-order valence-electron chi connectivity index (χ3n) is 1.22. The fraction of sp³-hybridized carbons (Fsp3) is 0.571. The van der Waals surface area contributed by atoms with Crippen LogP contribution in [0, 0.1) is 3.90 Å². The summed E-state index contributed by atoms with van der Waals surface area (Å²) in [6, 6.07) is 0. The topological polar surface area (TPSA) is 26.0 Å². The average molecular weight is 251 g/mol. The van der Waals surface area contributed by atoms with E-state index >= 15 is 0 Å². The molecule has 1 aromatic heterocycles. The summed E-state index contributed by atoms with van der Waals surface area (Å²) in [7, 11) is 0. The first-order valence-electron chi connectivity index (χ1n) is 3.12. The van der Waals surface area contributed by atoms with Crippen molar-refractivity contribution in [2.75, 3.05) is 0 Å². The van der Waals surface area contributed by atoms with E-state index in [9.17, 15) is 0 Å². The highest BCUT2D eigenvalue weighted by molar-refractivity contribution is 14.1. The lowest BCUT2D eigenvalue weighted by Gasteiger charge is -2.12. The van der Waals surface area contributed by atoms with Gasteiger partial charge in [0.25, 0.3) is 3.90 Å². The Morgan fingerprint density at radius 2 is 2.10 bits per heavy atom. The number of oxazole rings is 1. The molecule has 0 aromatic carbocycles. The minimum absolute atomic E-state index is 0.0798. The first kappa shape index (κ1) is 8.04. The van der Waals surface area contributed by atoms with Crippen molar-refractivity contribution < 1.29 is 4.42 Å². The number of halogens is 1. The van der Waals surface area contributed by atoms with Crippen LogP contribution < -0.4 is 0 Å². The number of rotatable bonds is 0. The largest absolute Gasteiger partial charge is 0.436 e. The molecule has 0 radical (unpaired) electrons. The van der Waals surface area contributed by atoms with Crippen LogP contribution >= 0.6 is 22.6 Å². The number of hydrogen-bond donors (Lipinski definition) is 0. The van der Waals surface area contributed by atoms with Crippen molar-refractivity contribution >= 4 is 22.6 Å². The maximum Gasteiger partial charge on any atom is 0.257 e. The molecule has 0 saturated heterocycles. The van der Waals surface area contributed by atoms with Gasteiger partial charge in [-0.05, 0) is 0 Å². The van der Waals surface area contributed by atoms with E-state index in [0.29, 0.717) is 3.90 Å². The Hall–Kier alpha value is -0.0600.